The Morgan fingerprint density at radius 3 is 2.76 bits per heavy atom. The molecule has 0 unspecified atom stereocenters. The molecule has 0 spiro atoms. The molecule has 1 saturated heterocycles. The van der Waals surface area contributed by atoms with Crippen molar-refractivity contribution in [2.75, 3.05) is 37.0 Å². The van der Waals surface area contributed by atoms with Crippen LogP contribution in [0.5, 0.6) is 0 Å². The molecular weight excluding hydrogens is 314 g/mol. The largest absolute Gasteiger partial charge is 0.478 e. The van der Waals surface area contributed by atoms with Crippen LogP contribution in [0.2, 0.25) is 5.28 Å². The van der Waals surface area contributed by atoms with Crippen LogP contribution in [-0.4, -0.2) is 53.1 Å². The molecule has 0 aromatic carbocycles. The average molecular weight is 331 g/mol. The molecule has 1 aromatic heterocycles. The van der Waals surface area contributed by atoms with Crippen LogP contribution in [0.15, 0.2) is 6.07 Å². The lowest BCUT2D eigenvalue weighted by molar-refractivity contribution is -0.133. The lowest BCUT2D eigenvalue weighted by atomic mass is 10.2. The molecule has 114 valence electrons. The van der Waals surface area contributed by atoms with Crippen molar-refractivity contribution in [3.8, 4) is 0 Å². The number of aliphatic carboxylic acids is 1. The Bertz CT molecular complexity index is 547. The lowest BCUT2D eigenvalue weighted by Gasteiger charge is -2.28. The van der Waals surface area contributed by atoms with Gasteiger partial charge in [-0.25, -0.2) is 14.8 Å². The fraction of sp³-hybridized carbons (Fsp3) is 0.615. The van der Waals surface area contributed by atoms with E-state index in [1.165, 1.54) is 0 Å². The number of morpholine rings is 1. The molecule has 1 aliphatic carbocycles. The molecule has 1 saturated carbocycles. The average Bonchev–Trinajstić information content (AvgIpc) is 3.27. The smallest absolute Gasteiger partial charge is 0.353 e. The van der Waals surface area contributed by atoms with Gasteiger partial charge in [0.25, 0.3) is 0 Å². The van der Waals surface area contributed by atoms with Gasteiger partial charge in [0.1, 0.15) is 11.5 Å². The Kier molecular flexibility index (Phi) is 4.24. The molecule has 1 N–H and O–H groups in total. The van der Waals surface area contributed by atoms with Crippen LogP contribution in [0, 0.1) is 0 Å². The first-order valence-corrected chi connectivity index (χ1v) is 8.33. The number of halogens is 1. The number of ether oxygens (including phenoxy) is 1. The van der Waals surface area contributed by atoms with Gasteiger partial charge in [-0.05, 0) is 23.4 Å². The number of hydrogen-bond acceptors (Lipinski definition) is 5. The molecule has 1 aliphatic heterocycles. The third kappa shape index (κ3) is 3.41. The van der Waals surface area contributed by atoms with Crippen LogP contribution >= 0.6 is 11.6 Å². The van der Waals surface area contributed by atoms with E-state index in [-0.39, 0.29) is 15.8 Å². The first-order chi connectivity index (χ1) is 10.1. The molecule has 0 radical (unpaired) electrons. The van der Waals surface area contributed by atoms with E-state index in [1.807, 2.05) is 6.07 Å². The van der Waals surface area contributed by atoms with Gasteiger partial charge in [0.05, 0.1) is 13.2 Å². The van der Waals surface area contributed by atoms with Crippen LogP contribution < -0.4 is 4.90 Å². The van der Waals surface area contributed by atoms with Gasteiger partial charge in [-0.3, -0.25) is 0 Å². The van der Waals surface area contributed by atoms with Crippen molar-refractivity contribution < 1.29 is 14.6 Å². The topological polar surface area (TPSA) is 75.5 Å². The molecule has 2 fully saturated rings. The standard InChI is InChI=1S/C13H16ClN3O3S/c14-12-15-9(13(1-2-13)21-8-11(18)19)7-10(16-12)17-3-5-20-6-4-17/h7H,1-6,8H2,(H,18,19)/p+1. The maximum Gasteiger partial charge on any atom is 0.353 e. The molecule has 6 nitrogen and oxygen atoms in total. The Hall–Kier alpha value is -1.05. The third-order valence-corrected chi connectivity index (χ3v) is 5.62. The van der Waals surface area contributed by atoms with Crippen LogP contribution in [0.25, 0.3) is 0 Å². The molecule has 8 heteroatoms. The second-order valence-corrected chi connectivity index (χ2v) is 7.05. The van der Waals surface area contributed by atoms with E-state index < -0.39 is 5.97 Å². The Labute approximate surface area is 131 Å². The van der Waals surface area contributed by atoms with Crippen molar-refractivity contribution >= 4 is 35.1 Å². The molecule has 0 bridgehead atoms. The van der Waals surface area contributed by atoms with Crippen molar-refractivity contribution in [1.82, 2.24) is 9.97 Å². The zero-order chi connectivity index (χ0) is 14.9. The Morgan fingerprint density at radius 1 is 1.43 bits per heavy atom. The number of hydrogen-bond donors (Lipinski definition) is 1. The maximum absolute atomic E-state index is 10.8. The zero-order valence-electron chi connectivity index (χ0n) is 11.5. The molecule has 0 amide bonds. The first-order valence-electron chi connectivity index (χ1n) is 6.87. The van der Waals surface area contributed by atoms with Crippen LogP contribution in [0.1, 0.15) is 18.5 Å². The van der Waals surface area contributed by atoms with E-state index >= 15 is 0 Å². The van der Waals surface area contributed by atoms with Gasteiger partial charge in [-0.1, -0.05) is 0 Å². The minimum Gasteiger partial charge on any atom is -0.478 e. The summed E-state index contributed by atoms with van der Waals surface area (Å²) in [5, 5.41) is 9.10. The summed E-state index contributed by atoms with van der Waals surface area (Å²) in [5.74, 6) is 0.163. The summed E-state index contributed by atoms with van der Waals surface area (Å²) in [6, 6.07) is 1.96. The van der Waals surface area contributed by atoms with E-state index in [0.717, 1.165) is 49.2 Å². The van der Waals surface area contributed by atoms with Crippen LogP contribution in [0.3, 0.4) is 0 Å². The van der Waals surface area contributed by atoms with Crippen molar-refractivity contribution in [2.24, 2.45) is 0 Å². The van der Waals surface area contributed by atoms with E-state index in [2.05, 4.69) is 14.9 Å². The fourth-order valence-electron chi connectivity index (χ4n) is 2.43. The Morgan fingerprint density at radius 2 is 2.14 bits per heavy atom. The van der Waals surface area contributed by atoms with Crippen molar-refractivity contribution in [1.29, 1.82) is 0 Å². The highest BCUT2D eigenvalue weighted by molar-refractivity contribution is 7.80. The number of aromatic nitrogens is 2. The second-order valence-electron chi connectivity index (χ2n) is 5.22. The van der Waals surface area contributed by atoms with E-state index in [1.54, 1.807) is 0 Å². The fourth-order valence-corrected chi connectivity index (χ4v) is 3.75. The SMILES string of the molecule is O=C(O)C[SH+]C1(c2cc(N3CCOCC3)nc(Cl)n2)CC1. The summed E-state index contributed by atoms with van der Waals surface area (Å²) in [6.45, 7) is 2.93. The summed E-state index contributed by atoms with van der Waals surface area (Å²) >= 11 is 6.95. The monoisotopic (exact) mass is 330 g/mol. The molecular formula is C13H17ClN3O3S+. The van der Waals surface area contributed by atoms with Crippen LogP contribution in [0.4, 0.5) is 5.82 Å². The summed E-state index contributed by atoms with van der Waals surface area (Å²) in [4.78, 5) is 21.6. The highest BCUT2D eigenvalue weighted by Gasteiger charge is 2.54. The molecule has 2 aliphatic rings. The summed E-state index contributed by atoms with van der Waals surface area (Å²) < 4.78 is 5.19. The quantitative estimate of drug-likeness (QED) is 0.490. The van der Waals surface area contributed by atoms with Gasteiger partial charge in [-0.15, -0.1) is 0 Å². The number of nitrogens with zero attached hydrogens (tertiary/aromatic N) is 3. The van der Waals surface area contributed by atoms with Gasteiger partial charge >= 0.3 is 5.97 Å². The minimum atomic E-state index is -0.781. The molecule has 1 aromatic rings. The van der Waals surface area contributed by atoms with Crippen molar-refractivity contribution in [3.63, 3.8) is 0 Å². The normalized spacial score (nSPS) is 20.3. The number of carboxylic acids is 1. The van der Waals surface area contributed by atoms with Gasteiger partial charge in [0.15, 0.2) is 4.75 Å². The van der Waals surface area contributed by atoms with Gasteiger partial charge in [0, 0.05) is 32.0 Å². The summed E-state index contributed by atoms with van der Waals surface area (Å²) in [6.07, 6.45) is 1.91. The first kappa shape index (κ1) is 14.9. The predicted octanol–water partition coefficient (Wildman–Crippen LogP) is 0.855. The predicted molar refractivity (Wildman–Crippen MR) is 82.2 cm³/mol. The number of anilines is 1. The zero-order valence-corrected chi connectivity index (χ0v) is 13.1. The number of rotatable bonds is 5. The van der Waals surface area contributed by atoms with Gasteiger partial charge < -0.3 is 14.7 Å². The minimum absolute atomic E-state index is 0.133. The van der Waals surface area contributed by atoms with Crippen molar-refractivity contribution in [3.05, 3.63) is 17.0 Å². The van der Waals surface area contributed by atoms with Gasteiger partial charge in [-0.2, -0.15) is 0 Å². The summed E-state index contributed by atoms with van der Waals surface area (Å²) in [7, 11) is 0. The van der Waals surface area contributed by atoms with Crippen molar-refractivity contribution in [2.45, 2.75) is 17.6 Å². The molecule has 3 rings (SSSR count). The van der Waals surface area contributed by atoms with Crippen LogP contribution in [-0.2, 0) is 26.0 Å². The highest BCUT2D eigenvalue weighted by atomic mass is 35.5. The lowest BCUT2D eigenvalue weighted by Crippen LogP contribution is -2.37. The van der Waals surface area contributed by atoms with E-state index in [4.69, 9.17) is 21.4 Å². The second kappa shape index (κ2) is 5.98. The van der Waals surface area contributed by atoms with Gasteiger partial charge in [0.2, 0.25) is 11.0 Å². The molecule has 21 heavy (non-hydrogen) atoms. The maximum atomic E-state index is 10.8. The number of carbonyl (C=O) groups is 1. The third-order valence-electron chi connectivity index (χ3n) is 3.74. The summed E-state index contributed by atoms with van der Waals surface area (Å²) in [5.41, 5.74) is 0.868. The highest BCUT2D eigenvalue weighted by Crippen LogP contribution is 2.49. The van der Waals surface area contributed by atoms with E-state index in [9.17, 15) is 4.79 Å². The number of thiol groups is 1. The Balaban J connectivity index is 1.82. The number of carboxylic acid groups (broad SMARTS) is 1. The molecule has 2 heterocycles. The molecule has 0 atom stereocenters. The van der Waals surface area contributed by atoms with E-state index in [0.29, 0.717) is 13.2 Å².